The molecule has 28 heavy (non-hydrogen) atoms. The molecule has 0 amide bonds. The molecule has 1 atom stereocenters. The molecule has 1 aromatic carbocycles. The number of hydrogen-bond acceptors (Lipinski definition) is 3. The quantitative estimate of drug-likeness (QED) is 0.689. The number of pyridine rings is 1. The van der Waals surface area contributed by atoms with Crippen molar-refractivity contribution in [2.45, 2.75) is 60.8 Å². The highest BCUT2D eigenvalue weighted by atomic mass is 32.2. The molecule has 1 aromatic heterocycles. The Labute approximate surface area is 171 Å². The van der Waals surface area contributed by atoms with E-state index >= 15 is 0 Å². The third-order valence-electron chi connectivity index (χ3n) is 6.42. The van der Waals surface area contributed by atoms with Crippen molar-refractivity contribution in [1.82, 2.24) is 9.88 Å². The van der Waals surface area contributed by atoms with E-state index in [1.165, 1.54) is 69.2 Å². The molecule has 2 heterocycles. The summed E-state index contributed by atoms with van der Waals surface area (Å²) in [5.41, 5.74) is 2.43. The van der Waals surface area contributed by atoms with Crippen LogP contribution in [0.15, 0.2) is 65.2 Å². The third kappa shape index (κ3) is 4.44. The zero-order valence-corrected chi connectivity index (χ0v) is 17.4. The fraction of sp³-hybridized carbons (Fsp3) is 0.458. The average molecular weight is 395 g/mol. The van der Waals surface area contributed by atoms with Gasteiger partial charge in [-0.05, 0) is 80.1 Å². The molecule has 0 spiro atoms. The summed E-state index contributed by atoms with van der Waals surface area (Å²) < 4.78 is 12.7. The summed E-state index contributed by atoms with van der Waals surface area (Å²) >= 11 is 0. The first-order valence-electron chi connectivity index (χ1n) is 10.6. The highest BCUT2D eigenvalue weighted by Crippen LogP contribution is 2.33. The molecule has 0 N–H and O–H groups in total. The molecule has 1 saturated carbocycles. The lowest BCUT2D eigenvalue weighted by Gasteiger charge is -2.39. The number of hydrogen-bond donors (Lipinski definition) is 0. The summed E-state index contributed by atoms with van der Waals surface area (Å²) in [4.78, 5) is 8.34. The fourth-order valence-corrected chi connectivity index (χ4v) is 5.71. The van der Waals surface area contributed by atoms with Crippen LogP contribution in [0.3, 0.4) is 0 Å². The normalized spacial score (nSPS) is 20.7. The van der Waals surface area contributed by atoms with Crippen molar-refractivity contribution in [3.63, 3.8) is 0 Å². The van der Waals surface area contributed by atoms with Gasteiger partial charge in [0.25, 0.3) is 0 Å². The Morgan fingerprint density at radius 3 is 2.14 bits per heavy atom. The lowest BCUT2D eigenvalue weighted by molar-refractivity contribution is 0.119. The van der Waals surface area contributed by atoms with E-state index in [4.69, 9.17) is 0 Å². The van der Waals surface area contributed by atoms with Crippen molar-refractivity contribution < 1.29 is 4.21 Å². The minimum Gasteiger partial charge on any atom is -0.300 e. The number of rotatable bonds is 5. The van der Waals surface area contributed by atoms with Gasteiger partial charge in [0.15, 0.2) is 0 Å². The van der Waals surface area contributed by atoms with Crippen LogP contribution < -0.4 is 0 Å². The van der Waals surface area contributed by atoms with E-state index in [9.17, 15) is 4.21 Å². The van der Waals surface area contributed by atoms with Crippen molar-refractivity contribution in [3.05, 3.63) is 60.9 Å². The van der Waals surface area contributed by atoms with Crippen LogP contribution in [0.5, 0.6) is 0 Å². The first-order valence-corrected chi connectivity index (χ1v) is 11.7. The first kappa shape index (κ1) is 19.5. The van der Waals surface area contributed by atoms with E-state index in [2.05, 4.69) is 28.6 Å². The molecule has 1 aliphatic carbocycles. The van der Waals surface area contributed by atoms with Gasteiger partial charge in [-0.2, -0.15) is 0 Å². The Bertz CT molecular complexity index is 804. The summed E-state index contributed by atoms with van der Waals surface area (Å²) in [5, 5.41) is 0. The summed E-state index contributed by atoms with van der Waals surface area (Å²) in [6.07, 6.45) is 12.8. The summed E-state index contributed by atoms with van der Waals surface area (Å²) in [5.74, 6) is 0.566. The maximum absolute atomic E-state index is 12.7. The molecule has 1 unspecified atom stereocenters. The van der Waals surface area contributed by atoms with Crippen LogP contribution in [0.1, 0.15) is 50.5 Å². The molecule has 2 aliphatic rings. The van der Waals surface area contributed by atoms with Gasteiger partial charge in [-0.25, -0.2) is 4.21 Å². The molecule has 2 fully saturated rings. The number of nitrogens with zero attached hydrogens (tertiary/aromatic N) is 2. The predicted molar refractivity (Wildman–Crippen MR) is 116 cm³/mol. The van der Waals surface area contributed by atoms with Gasteiger partial charge in [0.05, 0.1) is 10.8 Å². The lowest BCUT2D eigenvalue weighted by Crippen LogP contribution is -2.42. The molecule has 4 rings (SSSR count). The molecule has 1 saturated heterocycles. The molecule has 0 radical (unpaired) electrons. The summed E-state index contributed by atoms with van der Waals surface area (Å²) in [6.45, 7) is 6.83. The number of piperidine rings is 1. The molecule has 3 nitrogen and oxygen atoms in total. The summed E-state index contributed by atoms with van der Waals surface area (Å²) in [7, 11) is -1.16. The molecular weight excluding hydrogens is 364 g/mol. The van der Waals surface area contributed by atoms with Gasteiger partial charge >= 0.3 is 0 Å². The van der Waals surface area contributed by atoms with Crippen molar-refractivity contribution in [2.24, 2.45) is 5.92 Å². The Morgan fingerprint density at radius 2 is 1.50 bits per heavy atom. The molecule has 2 aromatic rings. The lowest BCUT2D eigenvalue weighted by atomic mass is 9.84. The third-order valence-corrected chi connectivity index (χ3v) is 7.82. The zero-order chi connectivity index (χ0) is 19.3. The van der Waals surface area contributed by atoms with E-state index in [0.29, 0.717) is 5.92 Å². The van der Waals surface area contributed by atoms with Gasteiger partial charge in [0, 0.05) is 28.2 Å². The Balaban J connectivity index is 1.36. The molecular formula is C24H30N2OS. The predicted octanol–water partition coefficient (Wildman–Crippen LogP) is 5.31. The number of likely N-dealkylation sites (tertiary alicyclic amines) is 1. The molecule has 4 heteroatoms. The molecule has 1 aliphatic heterocycles. The van der Waals surface area contributed by atoms with Crippen LogP contribution in [0.25, 0.3) is 5.57 Å². The van der Waals surface area contributed by atoms with Crippen LogP contribution in [0.2, 0.25) is 0 Å². The van der Waals surface area contributed by atoms with E-state index < -0.39 is 10.8 Å². The van der Waals surface area contributed by atoms with E-state index in [1.807, 2.05) is 24.3 Å². The maximum atomic E-state index is 12.7. The standard InChI is InChI=1S/C24H30N2OS/c1-19(21-13-17-26(18-14-21)22-5-3-2-4-6-22)20-7-9-23(10-8-20)28(27)24-11-15-25-16-12-24/h7-12,15-16,21-22H,1-6,13-14,17-18H2. The Kier molecular flexibility index (Phi) is 6.38. The topological polar surface area (TPSA) is 33.2 Å². The van der Waals surface area contributed by atoms with Gasteiger partial charge in [0.2, 0.25) is 0 Å². The van der Waals surface area contributed by atoms with E-state index in [-0.39, 0.29) is 0 Å². The van der Waals surface area contributed by atoms with Crippen molar-refractivity contribution >= 4 is 16.4 Å². The van der Waals surface area contributed by atoms with Gasteiger partial charge in [-0.1, -0.05) is 38.0 Å². The van der Waals surface area contributed by atoms with Crippen LogP contribution in [0, 0.1) is 5.92 Å². The number of allylic oxidation sites excluding steroid dienone is 1. The van der Waals surface area contributed by atoms with Crippen molar-refractivity contribution in [1.29, 1.82) is 0 Å². The number of benzene rings is 1. The molecule has 148 valence electrons. The largest absolute Gasteiger partial charge is 0.300 e. The Morgan fingerprint density at radius 1 is 0.893 bits per heavy atom. The Hall–Kier alpha value is -1.78. The summed E-state index contributed by atoms with van der Waals surface area (Å²) in [6, 6.07) is 12.6. The fourth-order valence-electron chi connectivity index (χ4n) is 4.69. The highest BCUT2D eigenvalue weighted by Gasteiger charge is 2.27. The van der Waals surface area contributed by atoms with Gasteiger partial charge in [-0.15, -0.1) is 0 Å². The van der Waals surface area contributed by atoms with Crippen molar-refractivity contribution in [3.8, 4) is 0 Å². The van der Waals surface area contributed by atoms with Crippen molar-refractivity contribution in [2.75, 3.05) is 13.1 Å². The number of aromatic nitrogens is 1. The van der Waals surface area contributed by atoms with E-state index in [1.54, 1.807) is 12.4 Å². The maximum Gasteiger partial charge on any atom is 0.0850 e. The molecule has 0 bridgehead atoms. The SMILES string of the molecule is C=C(c1ccc(S(=O)c2ccncc2)cc1)C1CCN(C2CCCCC2)CC1. The van der Waals surface area contributed by atoms with E-state index in [0.717, 1.165) is 15.8 Å². The van der Waals surface area contributed by atoms with Crippen LogP contribution in [-0.2, 0) is 10.8 Å². The minimum atomic E-state index is -1.16. The monoisotopic (exact) mass is 394 g/mol. The van der Waals surface area contributed by atoms with Gasteiger partial charge in [-0.3, -0.25) is 4.98 Å². The smallest absolute Gasteiger partial charge is 0.0850 e. The zero-order valence-electron chi connectivity index (χ0n) is 16.6. The second-order valence-electron chi connectivity index (χ2n) is 8.10. The van der Waals surface area contributed by atoms with Crippen LogP contribution in [0.4, 0.5) is 0 Å². The van der Waals surface area contributed by atoms with Gasteiger partial charge in [0.1, 0.15) is 0 Å². The van der Waals surface area contributed by atoms with Crippen LogP contribution >= 0.6 is 0 Å². The van der Waals surface area contributed by atoms with Gasteiger partial charge < -0.3 is 4.90 Å². The second-order valence-corrected chi connectivity index (χ2v) is 9.58. The minimum absolute atomic E-state index is 0.566. The second kappa shape index (κ2) is 9.15. The highest BCUT2D eigenvalue weighted by molar-refractivity contribution is 7.85. The van der Waals surface area contributed by atoms with Crippen LogP contribution in [-0.4, -0.2) is 33.2 Å². The average Bonchev–Trinajstić information content (AvgIpc) is 2.79. The first-order chi connectivity index (χ1) is 13.7.